The van der Waals surface area contributed by atoms with Gasteiger partial charge >= 0.3 is 0 Å². The number of aromatic amines is 1. The van der Waals surface area contributed by atoms with Gasteiger partial charge in [0, 0.05) is 67.5 Å². The van der Waals surface area contributed by atoms with Gasteiger partial charge in [0.15, 0.2) is 5.82 Å². The molecule has 1 aliphatic rings. The second kappa shape index (κ2) is 10.8. The molecule has 1 amide bonds. The number of likely N-dealkylation sites (tertiary alicyclic amines) is 1. The van der Waals surface area contributed by atoms with Crippen LogP contribution in [0.25, 0.3) is 22.2 Å². The molecule has 11 heteroatoms. The number of anilines is 3. The maximum atomic E-state index is 13.0. The van der Waals surface area contributed by atoms with Crippen molar-refractivity contribution in [1.29, 1.82) is 0 Å². The van der Waals surface area contributed by atoms with E-state index < -0.39 is 0 Å². The van der Waals surface area contributed by atoms with Crippen LogP contribution in [0.3, 0.4) is 0 Å². The largest absolute Gasteiger partial charge is 0.473 e. The summed E-state index contributed by atoms with van der Waals surface area (Å²) in [6.07, 6.45) is 6.31. The average Bonchev–Trinajstić information content (AvgIpc) is 3.65. The number of H-pyrrole nitrogens is 1. The minimum absolute atomic E-state index is 0.0225. The van der Waals surface area contributed by atoms with E-state index >= 15 is 0 Å². The third-order valence-electron chi connectivity index (χ3n) is 7.09. The number of carbonyl (C=O) groups is 1. The van der Waals surface area contributed by atoms with Crippen molar-refractivity contribution in [3.8, 4) is 17.1 Å². The molecule has 11 nitrogen and oxygen atoms in total. The van der Waals surface area contributed by atoms with Gasteiger partial charge in [-0.2, -0.15) is 5.10 Å². The lowest BCUT2D eigenvalue weighted by Crippen LogP contribution is -2.33. The molecule has 40 heavy (non-hydrogen) atoms. The van der Waals surface area contributed by atoms with Gasteiger partial charge in [-0.25, -0.2) is 15.0 Å². The Morgan fingerprint density at radius 3 is 2.88 bits per heavy atom. The van der Waals surface area contributed by atoms with E-state index in [9.17, 15) is 4.79 Å². The lowest BCUT2D eigenvalue weighted by atomic mass is 10.1. The standard InChI is InChI=1S/C29H31N9O2/c1-18-14-32-29(34-24-13-19(2)37(3)36-24)35-27(18)22-15-31-28-21(22)7-6-8-23(28)33-25(39)17-38-12-10-20(16-38)40-26-9-4-5-11-30-26/h4-9,11,13-15,20,31H,10,12,16-17H2,1-3H3,(H,33,39)(H,32,34,35,36)/t20-/m0/s1. The number of hydrogen-bond acceptors (Lipinski definition) is 8. The molecule has 1 aliphatic heterocycles. The van der Waals surface area contributed by atoms with Crippen molar-refractivity contribution in [2.45, 2.75) is 26.4 Å². The van der Waals surface area contributed by atoms with Gasteiger partial charge in [-0.1, -0.05) is 18.2 Å². The van der Waals surface area contributed by atoms with Crippen molar-refractivity contribution in [2.75, 3.05) is 30.3 Å². The summed E-state index contributed by atoms with van der Waals surface area (Å²) in [5, 5.41) is 11.7. The van der Waals surface area contributed by atoms with Gasteiger partial charge in [0.1, 0.15) is 6.10 Å². The molecule has 5 aromatic rings. The summed E-state index contributed by atoms with van der Waals surface area (Å²) < 4.78 is 7.75. The highest BCUT2D eigenvalue weighted by Crippen LogP contribution is 2.33. The van der Waals surface area contributed by atoms with Crippen LogP contribution in [-0.4, -0.2) is 66.3 Å². The van der Waals surface area contributed by atoms with E-state index in [1.54, 1.807) is 17.1 Å². The Bertz CT molecular complexity index is 1640. The Labute approximate surface area is 231 Å². The number of fused-ring (bicyclic) bond motifs is 1. The minimum Gasteiger partial charge on any atom is -0.473 e. The first-order valence-corrected chi connectivity index (χ1v) is 13.2. The van der Waals surface area contributed by atoms with E-state index in [4.69, 9.17) is 9.72 Å². The van der Waals surface area contributed by atoms with Crippen LogP contribution < -0.4 is 15.4 Å². The van der Waals surface area contributed by atoms with Crippen LogP contribution in [0.2, 0.25) is 0 Å². The summed E-state index contributed by atoms with van der Waals surface area (Å²) in [5.74, 6) is 1.69. The van der Waals surface area contributed by atoms with Crippen molar-refractivity contribution in [3.63, 3.8) is 0 Å². The Morgan fingerprint density at radius 1 is 1.18 bits per heavy atom. The molecular weight excluding hydrogens is 506 g/mol. The zero-order chi connectivity index (χ0) is 27.6. The molecule has 0 aliphatic carbocycles. The van der Waals surface area contributed by atoms with Gasteiger partial charge in [0.05, 0.1) is 23.4 Å². The van der Waals surface area contributed by atoms with Gasteiger partial charge in [0.2, 0.25) is 17.7 Å². The molecule has 0 saturated carbocycles. The summed E-state index contributed by atoms with van der Waals surface area (Å²) in [5.41, 5.74) is 5.27. The fourth-order valence-corrected chi connectivity index (χ4v) is 4.98. The van der Waals surface area contributed by atoms with E-state index in [-0.39, 0.29) is 12.0 Å². The van der Waals surface area contributed by atoms with E-state index in [0.717, 1.165) is 52.1 Å². The van der Waals surface area contributed by atoms with Crippen LogP contribution in [0.5, 0.6) is 5.88 Å². The highest BCUT2D eigenvalue weighted by atomic mass is 16.5. The molecule has 1 atom stereocenters. The van der Waals surface area contributed by atoms with Crippen LogP contribution in [0, 0.1) is 13.8 Å². The summed E-state index contributed by atoms with van der Waals surface area (Å²) in [7, 11) is 1.89. The SMILES string of the molecule is Cc1cnc(Nc2cc(C)n(C)n2)nc1-c1c[nH]c2c(NC(=O)CN3CC[C@H](Oc4ccccn4)C3)cccc12. The number of rotatable bonds is 8. The molecule has 204 valence electrons. The number of aryl methyl sites for hydroxylation is 3. The molecule has 0 bridgehead atoms. The van der Waals surface area contributed by atoms with Gasteiger partial charge < -0.3 is 20.4 Å². The fourth-order valence-electron chi connectivity index (χ4n) is 4.98. The smallest absolute Gasteiger partial charge is 0.238 e. The molecular formula is C29H31N9O2. The van der Waals surface area contributed by atoms with Gasteiger partial charge in [-0.05, 0) is 38.0 Å². The molecule has 6 rings (SSSR count). The first-order chi connectivity index (χ1) is 19.4. The highest BCUT2D eigenvalue weighted by molar-refractivity contribution is 6.06. The monoisotopic (exact) mass is 537 g/mol. The summed E-state index contributed by atoms with van der Waals surface area (Å²) >= 11 is 0. The molecule has 1 aromatic carbocycles. The second-order valence-corrected chi connectivity index (χ2v) is 10.1. The molecule has 0 radical (unpaired) electrons. The van der Waals surface area contributed by atoms with Gasteiger partial charge in [-0.15, -0.1) is 0 Å². The van der Waals surface area contributed by atoms with E-state index in [2.05, 4.69) is 35.6 Å². The van der Waals surface area contributed by atoms with Crippen LogP contribution in [-0.2, 0) is 11.8 Å². The van der Waals surface area contributed by atoms with Crippen LogP contribution in [0.15, 0.2) is 61.1 Å². The van der Waals surface area contributed by atoms with E-state index in [1.165, 1.54) is 0 Å². The maximum absolute atomic E-state index is 13.0. The number of ether oxygens (including phenoxy) is 1. The topological polar surface area (TPSA) is 126 Å². The summed E-state index contributed by atoms with van der Waals surface area (Å²) in [6, 6.07) is 13.4. The lowest BCUT2D eigenvalue weighted by Gasteiger charge is -2.16. The Balaban J connectivity index is 1.15. The maximum Gasteiger partial charge on any atom is 0.238 e. The number of para-hydroxylation sites is 1. The lowest BCUT2D eigenvalue weighted by molar-refractivity contribution is -0.117. The van der Waals surface area contributed by atoms with Crippen molar-refractivity contribution >= 4 is 34.3 Å². The van der Waals surface area contributed by atoms with Crippen LogP contribution in [0.1, 0.15) is 17.7 Å². The number of carbonyl (C=O) groups excluding carboxylic acids is 1. The Morgan fingerprint density at radius 2 is 2.08 bits per heavy atom. The third-order valence-corrected chi connectivity index (χ3v) is 7.09. The zero-order valence-electron chi connectivity index (χ0n) is 22.7. The number of hydrogen-bond donors (Lipinski definition) is 3. The van der Waals surface area contributed by atoms with Crippen LogP contribution >= 0.6 is 0 Å². The number of aromatic nitrogens is 6. The molecule has 1 saturated heterocycles. The average molecular weight is 538 g/mol. The summed E-state index contributed by atoms with van der Waals surface area (Å²) in [4.78, 5) is 31.9. The molecule has 0 unspecified atom stereocenters. The molecule has 0 spiro atoms. The van der Waals surface area contributed by atoms with Crippen molar-refractivity contribution in [3.05, 3.63) is 72.3 Å². The number of amides is 1. The quantitative estimate of drug-likeness (QED) is 0.269. The van der Waals surface area contributed by atoms with E-state index in [1.807, 2.05) is 69.6 Å². The van der Waals surface area contributed by atoms with Crippen LogP contribution in [0.4, 0.5) is 17.5 Å². The van der Waals surface area contributed by atoms with E-state index in [0.29, 0.717) is 30.7 Å². The van der Waals surface area contributed by atoms with Crippen molar-refractivity contribution in [2.24, 2.45) is 7.05 Å². The highest BCUT2D eigenvalue weighted by Gasteiger charge is 2.26. The Hall–Kier alpha value is -4.77. The number of nitrogens with zero attached hydrogens (tertiary/aromatic N) is 6. The molecule has 5 heterocycles. The minimum atomic E-state index is -0.0718. The van der Waals surface area contributed by atoms with Crippen molar-refractivity contribution < 1.29 is 9.53 Å². The van der Waals surface area contributed by atoms with Crippen molar-refractivity contribution in [1.82, 2.24) is 34.6 Å². The second-order valence-electron chi connectivity index (χ2n) is 10.1. The molecule has 4 aromatic heterocycles. The fraction of sp³-hybridized carbons (Fsp3) is 0.276. The normalized spacial score (nSPS) is 15.4. The predicted molar refractivity (Wildman–Crippen MR) is 154 cm³/mol. The predicted octanol–water partition coefficient (Wildman–Crippen LogP) is 4.21. The number of pyridine rings is 1. The van der Waals surface area contributed by atoms with Gasteiger partial charge in [0.25, 0.3) is 0 Å². The summed E-state index contributed by atoms with van der Waals surface area (Å²) in [6.45, 7) is 5.74. The number of benzene rings is 1. The van der Waals surface area contributed by atoms with Gasteiger partial charge in [-0.3, -0.25) is 14.4 Å². The third kappa shape index (κ3) is 5.36. The zero-order valence-corrected chi connectivity index (χ0v) is 22.7. The first-order valence-electron chi connectivity index (χ1n) is 13.2. The first kappa shape index (κ1) is 25.5. The Kier molecular flexibility index (Phi) is 6.87. The molecule has 3 N–H and O–H groups in total. The number of nitrogens with one attached hydrogen (secondary N) is 3. The molecule has 1 fully saturated rings.